The van der Waals surface area contributed by atoms with Gasteiger partial charge in [-0.05, 0) is 61.7 Å². The Hall–Kier alpha value is -3.98. The van der Waals surface area contributed by atoms with Crippen LogP contribution in [0.3, 0.4) is 0 Å². The quantitative estimate of drug-likeness (QED) is 0.382. The predicted molar refractivity (Wildman–Crippen MR) is 132 cm³/mol. The van der Waals surface area contributed by atoms with E-state index >= 15 is 0 Å². The van der Waals surface area contributed by atoms with Gasteiger partial charge in [-0.15, -0.1) is 0 Å². The van der Waals surface area contributed by atoms with Crippen LogP contribution in [-0.2, 0) is 4.74 Å². The summed E-state index contributed by atoms with van der Waals surface area (Å²) in [5, 5.41) is 0.669. The maximum absolute atomic E-state index is 13.8. The molecule has 8 nitrogen and oxygen atoms in total. The molecule has 4 aromatic rings. The molecule has 0 saturated carbocycles. The zero-order valence-electron chi connectivity index (χ0n) is 19.8. The lowest BCUT2D eigenvalue weighted by Gasteiger charge is -2.22. The Balaban J connectivity index is 1.80. The second kappa shape index (κ2) is 8.35. The Kier molecular flexibility index (Phi) is 5.44. The maximum Gasteiger partial charge on any atom is 0.350 e. The van der Waals surface area contributed by atoms with Crippen LogP contribution in [0.4, 0.5) is 5.13 Å². The van der Waals surface area contributed by atoms with Crippen LogP contribution in [0, 0.1) is 20.8 Å². The minimum Gasteiger partial charge on any atom is -0.497 e. The number of methoxy groups -OCH3 is 2. The van der Waals surface area contributed by atoms with Crippen molar-refractivity contribution in [1.29, 1.82) is 0 Å². The van der Waals surface area contributed by atoms with Crippen molar-refractivity contribution in [2.45, 2.75) is 26.8 Å². The maximum atomic E-state index is 13.8. The number of rotatable bonds is 4. The first-order valence-corrected chi connectivity index (χ1v) is 11.7. The van der Waals surface area contributed by atoms with Crippen molar-refractivity contribution >= 4 is 39.3 Å². The smallest absolute Gasteiger partial charge is 0.350 e. The van der Waals surface area contributed by atoms with E-state index in [-0.39, 0.29) is 26.8 Å². The number of anilines is 1. The van der Waals surface area contributed by atoms with Gasteiger partial charge in [0.05, 0.1) is 36.9 Å². The SMILES string of the molecule is COC(=O)c1sc(N2C(=O)c3oc4cc(C)c(C)cc4c(=O)c3[C@@H]2c2cccc(OC)c2)nc1C. The summed E-state index contributed by atoms with van der Waals surface area (Å²) in [6.45, 7) is 5.51. The fraction of sp³-hybridized carbons (Fsp3) is 0.231. The highest BCUT2D eigenvalue weighted by Gasteiger charge is 2.45. The van der Waals surface area contributed by atoms with Crippen LogP contribution in [0.5, 0.6) is 5.75 Å². The van der Waals surface area contributed by atoms with E-state index in [1.807, 2.05) is 19.9 Å². The number of ether oxygens (including phenoxy) is 2. The van der Waals surface area contributed by atoms with Crippen molar-refractivity contribution in [1.82, 2.24) is 4.98 Å². The normalized spacial score (nSPS) is 14.9. The molecule has 0 saturated heterocycles. The molecule has 3 heterocycles. The number of carbonyl (C=O) groups is 2. The Bertz CT molecular complexity index is 1580. The molecule has 9 heteroatoms. The molecule has 1 aliphatic rings. The molecule has 0 radical (unpaired) electrons. The first-order valence-electron chi connectivity index (χ1n) is 10.9. The second-order valence-electron chi connectivity index (χ2n) is 8.36. The van der Waals surface area contributed by atoms with E-state index in [9.17, 15) is 14.4 Å². The number of esters is 1. The lowest BCUT2D eigenvalue weighted by Crippen LogP contribution is -2.29. The molecule has 1 aliphatic heterocycles. The van der Waals surface area contributed by atoms with Crippen molar-refractivity contribution in [3.8, 4) is 5.75 Å². The van der Waals surface area contributed by atoms with Gasteiger partial charge in [0.25, 0.3) is 5.91 Å². The summed E-state index contributed by atoms with van der Waals surface area (Å²) >= 11 is 1.03. The molecule has 1 amide bonds. The highest BCUT2D eigenvalue weighted by molar-refractivity contribution is 7.17. The fourth-order valence-electron chi connectivity index (χ4n) is 4.32. The molecule has 0 spiro atoms. The minimum absolute atomic E-state index is 0.0361. The molecule has 2 aromatic heterocycles. The van der Waals surface area contributed by atoms with E-state index in [1.165, 1.54) is 12.0 Å². The van der Waals surface area contributed by atoms with E-state index in [2.05, 4.69) is 4.98 Å². The van der Waals surface area contributed by atoms with Crippen molar-refractivity contribution < 1.29 is 23.5 Å². The van der Waals surface area contributed by atoms with Gasteiger partial charge in [0, 0.05) is 0 Å². The molecule has 0 aliphatic carbocycles. The molecule has 0 N–H and O–H groups in total. The van der Waals surface area contributed by atoms with E-state index in [1.54, 1.807) is 44.4 Å². The van der Waals surface area contributed by atoms with Crippen LogP contribution < -0.4 is 15.1 Å². The Morgan fingerprint density at radius 3 is 2.54 bits per heavy atom. The van der Waals surface area contributed by atoms with Gasteiger partial charge in [0.2, 0.25) is 5.76 Å². The number of thiazole rings is 1. The minimum atomic E-state index is -0.814. The van der Waals surface area contributed by atoms with Gasteiger partial charge in [0.15, 0.2) is 10.6 Å². The molecule has 2 aromatic carbocycles. The molecule has 0 fully saturated rings. The first kappa shape index (κ1) is 22.8. The number of aryl methyl sites for hydroxylation is 3. The summed E-state index contributed by atoms with van der Waals surface area (Å²) < 4.78 is 16.3. The number of carbonyl (C=O) groups excluding carboxylic acids is 2. The summed E-state index contributed by atoms with van der Waals surface area (Å²) in [6.07, 6.45) is 0. The standard InChI is InChI=1S/C26H22N2O6S/c1-12-9-17-18(10-13(12)2)34-22-19(21(17)29)20(15-7-6-8-16(11-15)32-4)28(24(22)30)26-27-14(3)23(35-26)25(31)33-5/h6-11,20H,1-5H3/t20-/m0/s1. The molecule has 0 bridgehead atoms. The van der Waals surface area contributed by atoms with E-state index in [0.29, 0.717) is 28.0 Å². The Morgan fingerprint density at radius 2 is 1.83 bits per heavy atom. The number of benzene rings is 2. The average molecular weight is 491 g/mol. The lowest BCUT2D eigenvalue weighted by molar-refractivity contribution is 0.0605. The van der Waals surface area contributed by atoms with Gasteiger partial charge in [0.1, 0.15) is 16.2 Å². The van der Waals surface area contributed by atoms with Crippen LogP contribution >= 0.6 is 11.3 Å². The Labute approximate surface area is 204 Å². The van der Waals surface area contributed by atoms with Crippen molar-refractivity contribution in [3.63, 3.8) is 0 Å². The number of amides is 1. The molecule has 5 rings (SSSR count). The third-order valence-electron chi connectivity index (χ3n) is 6.26. The number of nitrogens with zero attached hydrogens (tertiary/aromatic N) is 2. The summed E-state index contributed by atoms with van der Waals surface area (Å²) in [4.78, 5) is 46.0. The number of hydrogen-bond donors (Lipinski definition) is 0. The molecule has 1 atom stereocenters. The number of aromatic nitrogens is 1. The third-order valence-corrected chi connectivity index (χ3v) is 7.39. The first-order chi connectivity index (χ1) is 16.7. The molecule has 178 valence electrons. The topological polar surface area (TPSA) is 98.9 Å². The average Bonchev–Trinajstić information content (AvgIpc) is 3.37. The summed E-state index contributed by atoms with van der Waals surface area (Å²) in [5.41, 5.74) is 3.27. The molecular formula is C26H22N2O6S. The highest BCUT2D eigenvalue weighted by Crippen LogP contribution is 2.43. The molecular weight excluding hydrogens is 468 g/mol. The van der Waals surface area contributed by atoms with Crippen molar-refractivity contribution in [2.24, 2.45) is 0 Å². The predicted octanol–water partition coefficient (Wildman–Crippen LogP) is 4.72. The number of hydrogen-bond acceptors (Lipinski definition) is 8. The van der Waals surface area contributed by atoms with E-state index in [4.69, 9.17) is 13.9 Å². The van der Waals surface area contributed by atoms with Crippen molar-refractivity contribution in [3.05, 3.63) is 85.2 Å². The zero-order chi connectivity index (χ0) is 25.0. The summed E-state index contributed by atoms with van der Waals surface area (Å²) in [5.74, 6) is -0.508. The molecule has 35 heavy (non-hydrogen) atoms. The van der Waals surface area contributed by atoms with Crippen LogP contribution in [0.2, 0.25) is 0 Å². The van der Waals surface area contributed by atoms with Crippen molar-refractivity contribution in [2.75, 3.05) is 19.1 Å². The van der Waals surface area contributed by atoms with Crippen LogP contribution in [0.1, 0.15) is 54.2 Å². The van der Waals surface area contributed by atoms with E-state index in [0.717, 1.165) is 22.5 Å². The van der Waals surface area contributed by atoms with Crippen LogP contribution in [0.15, 0.2) is 45.6 Å². The van der Waals surface area contributed by atoms with E-state index < -0.39 is 17.9 Å². The summed E-state index contributed by atoms with van der Waals surface area (Å²) in [7, 11) is 2.83. The highest BCUT2D eigenvalue weighted by atomic mass is 32.1. The second-order valence-corrected chi connectivity index (χ2v) is 9.34. The zero-order valence-corrected chi connectivity index (χ0v) is 20.6. The van der Waals surface area contributed by atoms with Gasteiger partial charge in [-0.3, -0.25) is 14.5 Å². The van der Waals surface area contributed by atoms with Gasteiger partial charge in [-0.1, -0.05) is 23.5 Å². The van der Waals surface area contributed by atoms with Gasteiger partial charge in [-0.25, -0.2) is 9.78 Å². The lowest BCUT2D eigenvalue weighted by atomic mass is 9.97. The van der Waals surface area contributed by atoms with Gasteiger partial charge in [-0.2, -0.15) is 0 Å². The summed E-state index contributed by atoms with van der Waals surface area (Å²) in [6, 6.07) is 9.90. The fourth-order valence-corrected chi connectivity index (χ4v) is 5.33. The molecule has 0 unspecified atom stereocenters. The monoisotopic (exact) mass is 490 g/mol. The Morgan fingerprint density at radius 1 is 1.09 bits per heavy atom. The van der Waals surface area contributed by atoms with Crippen LogP contribution in [0.25, 0.3) is 11.0 Å². The van der Waals surface area contributed by atoms with Gasteiger partial charge < -0.3 is 13.9 Å². The van der Waals surface area contributed by atoms with Crippen LogP contribution in [-0.4, -0.2) is 31.1 Å². The van der Waals surface area contributed by atoms with Gasteiger partial charge >= 0.3 is 5.97 Å². The third kappa shape index (κ3) is 3.50. The number of fused-ring (bicyclic) bond motifs is 2. The largest absolute Gasteiger partial charge is 0.497 e.